The Balaban J connectivity index is 1.41. The molecule has 0 aromatic heterocycles. The van der Waals surface area contributed by atoms with Crippen molar-refractivity contribution in [3.8, 4) is 0 Å². The second-order valence-electron chi connectivity index (χ2n) is 10.5. The monoisotopic (exact) mass is 484 g/mol. The van der Waals surface area contributed by atoms with Gasteiger partial charge in [-0.05, 0) is 68.3 Å². The van der Waals surface area contributed by atoms with Crippen LogP contribution in [-0.4, -0.2) is 79.6 Å². The van der Waals surface area contributed by atoms with Crippen molar-refractivity contribution in [3.63, 3.8) is 0 Å². The van der Waals surface area contributed by atoms with Crippen LogP contribution in [0.2, 0.25) is 0 Å². The molecule has 3 fully saturated rings. The first-order chi connectivity index (χ1) is 16.9. The molecule has 0 saturated carbocycles. The molecule has 0 spiro atoms. The van der Waals surface area contributed by atoms with E-state index in [2.05, 4.69) is 24.1 Å². The fourth-order valence-corrected chi connectivity index (χ4v) is 5.82. The van der Waals surface area contributed by atoms with Gasteiger partial charge in [-0.15, -0.1) is 0 Å². The molecule has 4 rings (SSSR count). The maximum absolute atomic E-state index is 13.4. The number of methoxy groups -OCH3 is 1. The van der Waals surface area contributed by atoms with Crippen LogP contribution < -0.4 is 10.2 Å². The Morgan fingerprint density at radius 1 is 1.11 bits per heavy atom. The standard InChI is InChI=1S/C27H40N4O4/c1-19(2)20-9-11-22(12-10-20)31-26(33)23(28-27(31)34)17-25(32)30(15-16-35-3)18-21-7-6-14-29-13-5-4-8-24(21)29/h9-12,19,21,23-24H,4-8,13-18H2,1-3H3,(H,28,34). The van der Waals surface area contributed by atoms with Crippen molar-refractivity contribution in [2.75, 3.05) is 44.8 Å². The highest BCUT2D eigenvalue weighted by molar-refractivity contribution is 6.22. The molecule has 3 saturated heterocycles. The Bertz CT molecular complexity index is 901. The molecule has 1 N–H and O–H groups in total. The average molecular weight is 485 g/mol. The van der Waals surface area contributed by atoms with Crippen LogP contribution in [0.1, 0.15) is 63.9 Å². The molecule has 8 heteroatoms. The maximum Gasteiger partial charge on any atom is 0.329 e. The van der Waals surface area contributed by atoms with Crippen molar-refractivity contribution < 1.29 is 19.1 Å². The number of carbonyl (C=O) groups excluding carboxylic acids is 3. The Morgan fingerprint density at radius 3 is 2.57 bits per heavy atom. The van der Waals surface area contributed by atoms with E-state index in [0.717, 1.165) is 36.4 Å². The van der Waals surface area contributed by atoms with E-state index in [9.17, 15) is 14.4 Å². The van der Waals surface area contributed by atoms with E-state index in [1.807, 2.05) is 17.0 Å². The zero-order valence-corrected chi connectivity index (χ0v) is 21.4. The topological polar surface area (TPSA) is 82.2 Å². The smallest absolute Gasteiger partial charge is 0.329 e. The molecule has 3 atom stereocenters. The van der Waals surface area contributed by atoms with Crippen LogP contribution in [0.25, 0.3) is 0 Å². The summed E-state index contributed by atoms with van der Waals surface area (Å²) in [6.07, 6.45) is 5.96. The number of amides is 4. The molecule has 35 heavy (non-hydrogen) atoms. The number of hydrogen-bond acceptors (Lipinski definition) is 5. The summed E-state index contributed by atoms with van der Waals surface area (Å²) in [6.45, 7) is 8.13. The maximum atomic E-state index is 13.4. The summed E-state index contributed by atoms with van der Waals surface area (Å²) in [6, 6.07) is 6.67. The fourth-order valence-electron chi connectivity index (χ4n) is 5.82. The average Bonchev–Trinajstić information content (AvgIpc) is 3.14. The van der Waals surface area contributed by atoms with E-state index < -0.39 is 12.1 Å². The first-order valence-electron chi connectivity index (χ1n) is 13.1. The van der Waals surface area contributed by atoms with Gasteiger partial charge in [0.25, 0.3) is 5.91 Å². The molecule has 3 aliphatic heterocycles. The minimum absolute atomic E-state index is 0.0318. The lowest BCUT2D eigenvalue weighted by atomic mass is 9.83. The van der Waals surface area contributed by atoms with Gasteiger partial charge in [0, 0.05) is 26.2 Å². The van der Waals surface area contributed by atoms with Gasteiger partial charge in [-0.2, -0.15) is 0 Å². The number of nitrogens with zero attached hydrogens (tertiary/aromatic N) is 3. The Labute approximate surface area is 209 Å². The second kappa shape index (κ2) is 11.5. The van der Waals surface area contributed by atoms with Crippen LogP contribution in [0, 0.1) is 5.92 Å². The van der Waals surface area contributed by atoms with E-state index in [4.69, 9.17) is 4.74 Å². The normalized spacial score (nSPS) is 25.0. The van der Waals surface area contributed by atoms with E-state index in [-0.39, 0.29) is 18.2 Å². The molecule has 1 aromatic rings. The van der Waals surface area contributed by atoms with Crippen LogP contribution in [0.4, 0.5) is 10.5 Å². The van der Waals surface area contributed by atoms with Gasteiger partial charge in [0.05, 0.1) is 18.7 Å². The third kappa shape index (κ3) is 5.86. The van der Waals surface area contributed by atoms with Gasteiger partial charge in [0.2, 0.25) is 5.91 Å². The number of imide groups is 1. The molecule has 0 radical (unpaired) electrons. The van der Waals surface area contributed by atoms with Gasteiger partial charge in [0.15, 0.2) is 0 Å². The van der Waals surface area contributed by atoms with Gasteiger partial charge >= 0.3 is 6.03 Å². The van der Waals surface area contributed by atoms with Gasteiger partial charge in [0.1, 0.15) is 6.04 Å². The number of piperidine rings is 2. The van der Waals surface area contributed by atoms with Crippen molar-refractivity contribution in [1.82, 2.24) is 15.1 Å². The SMILES string of the molecule is COCCN(CC1CCCN2CCCCC12)C(=O)CC1NC(=O)N(c2ccc(C(C)C)cc2)C1=O. The first-order valence-corrected chi connectivity index (χ1v) is 13.1. The summed E-state index contributed by atoms with van der Waals surface area (Å²) in [4.78, 5) is 44.8. The van der Waals surface area contributed by atoms with Gasteiger partial charge < -0.3 is 19.9 Å². The molecular formula is C27H40N4O4. The predicted molar refractivity (Wildman–Crippen MR) is 135 cm³/mol. The molecule has 3 aliphatic rings. The number of hydrogen-bond donors (Lipinski definition) is 1. The van der Waals surface area contributed by atoms with Crippen molar-refractivity contribution in [3.05, 3.63) is 29.8 Å². The molecule has 4 amide bonds. The summed E-state index contributed by atoms with van der Waals surface area (Å²) < 4.78 is 5.28. The zero-order valence-electron chi connectivity index (χ0n) is 21.4. The fraction of sp³-hybridized carbons (Fsp3) is 0.667. The molecule has 0 aliphatic carbocycles. The number of ether oxygens (including phenoxy) is 1. The highest BCUT2D eigenvalue weighted by Gasteiger charge is 2.41. The van der Waals surface area contributed by atoms with Crippen molar-refractivity contribution in [1.29, 1.82) is 0 Å². The molecule has 3 unspecified atom stereocenters. The Morgan fingerprint density at radius 2 is 1.86 bits per heavy atom. The lowest BCUT2D eigenvalue weighted by Gasteiger charge is -2.45. The molecule has 8 nitrogen and oxygen atoms in total. The largest absolute Gasteiger partial charge is 0.383 e. The highest BCUT2D eigenvalue weighted by Crippen LogP contribution is 2.32. The van der Waals surface area contributed by atoms with Crippen molar-refractivity contribution in [2.24, 2.45) is 5.92 Å². The third-order valence-corrected chi connectivity index (χ3v) is 7.82. The number of nitrogens with one attached hydrogen (secondary N) is 1. The Hall–Kier alpha value is -2.45. The van der Waals surface area contributed by atoms with Crippen LogP contribution in [0.5, 0.6) is 0 Å². The molecule has 0 bridgehead atoms. The summed E-state index contributed by atoms with van der Waals surface area (Å²) in [7, 11) is 1.63. The first kappa shape index (κ1) is 25.6. The zero-order chi connectivity index (χ0) is 24.9. The molecular weight excluding hydrogens is 444 g/mol. The molecule has 192 valence electrons. The van der Waals surface area contributed by atoms with Gasteiger partial charge in [-0.25, -0.2) is 9.69 Å². The summed E-state index contributed by atoms with van der Waals surface area (Å²) in [5.41, 5.74) is 1.67. The lowest BCUT2D eigenvalue weighted by molar-refractivity contribution is -0.135. The Kier molecular flexibility index (Phi) is 8.44. The van der Waals surface area contributed by atoms with Crippen LogP contribution in [-0.2, 0) is 14.3 Å². The van der Waals surface area contributed by atoms with E-state index >= 15 is 0 Å². The predicted octanol–water partition coefficient (Wildman–Crippen LogP) is 3.36. The number of anilines is 1. The number of urea groups is 1. The minimum Gasteiger partial charge on any atom is -0.383 e. The highest BCUT2D eigenvalue weighted by atomic mass is 16.5. The second-order valence-corrected chi connectivity index (χ2v) is 10.5. The number of fused-ring (bicyclic) bond motifs is 1. The minimum atomic E-state index is -0.845. The van der Waals surface area contributed by atoms with Crippen LogP contribution in [0.3, 0.4) is 0 Å². The number of benzene rings is 1. The molecule has 3 heterocycles. The van der Waals surface area contributed by atoms with E-state index in [1.54, 1.807) is 19.2 Å². The van der Waals surface area contributed by atoms with Crippen molar-refractivity contribution in [2.45, 2.75) is 70.4 Å². The van der Waals surface area contributed by atoms with Crippen LogP contribution in [0.15, 0.2) is 24.3 Å². The number of carbonyl (C=O) groups is 3. The van der Waals surface area contributed by atoms with E-state index in [1.165, 1.54) is 19.3 Å². The molecule has 1 aromatic carbocycles. The summed E-state index contributed by atoms with van der Waals surface area (Å²) in [5, 5.41) is 2.73. The lowest BCUT2D eigenvalue weighted by Crippen LogP contribution is -2.52. The van der Waals surface area contributed by atoms with Gasteiger partial charge in [-0.3, -0.25) is 9.59 Å². The summed E-state index contributed by atoms with van der Waals surface area (Å²) in [5.74, 6) is 0.323. The summed E-state index contributed by atoms with van der Waals surface area (Å²) >= 11 is 0. The quantitative estimate of drug-likeness (QED) is 0.544. The van der Waals surface area contributed by atoms with Crippen molar-refractivity contribution >= 4 is 23.5 Å². The number of rotatable bonds is 9. The van der Waals surface area contributed by atoms with Gasteiger partial charge in [-0.1, -0.05) is 32.4 Å². The van der Waals surface area contributed by atoms with Crippen LogP contribution >= 0.6 is 0 Å². The third-order valence-electron chi connectivity index (χ3n) is 7.82. The van der Waals surface area contributed by atoms with E-state index in [0.29, 0.717) is 43.3 Å².